The third-order valence-corrected chi connectivity index (χ3v) is 3.83. The van der Waals surface area contributed by atoms with Crippen molar-refractivity contribution in [2.24, 2.45) is 0 Å². The van der Waals surface area contributed by atoms with Gasteiger partial charge in [-0.05, 0) is 24.6 Å². The highest BCUT2D eigenvalue weighted by Crippen LogP contribution is 2.18. The van der Waals surface area contributed by atoms with Gasteiger partial charge in [-0.1, -0.05) is 30.6 Å². The molecular formula is C19H20N4O3. The van der Waals surface area contributed by atoms with E-state index in [4.69, 9.17) is 9.26 Å². The molecule has 1 N–H and O–H groups in total. The van der Waals surface area contributed by atoms with E-state index in [9.17, 15) is 4.79 Å². The summed E-state index contributed by atoms with van der Waals surface area (Å²) in [6.45, 7) is 2.39. The molecule has 0 unspecified atom stereocenters. The lowest BCUT2D eigenvalue weighted by atomic mass is 10.1. The van der Waals surface area contributed by atoms with Crippen LogP contribution in [-0.2, 0) is 13.0 Å². The average molecular weight is 352 g/mol. The monoisotopic (exact) mass is 352 g/mol. The van der Waals surface area contributed by atoms with E-state index in [1.54, 1.807) is 25.3 Å². The third kappa shape index (κ3) is 4.24. The summed E-state index contributed by atoms with van der Waals surface area (Å²) in [6.07, 6.45) is 1.87. The quantitative estimate of drug-likeness (QED) is 0.703. The second kappa shape index (κ2) is 8.24. The highest BCUT2D eigenvalue weighted by atomic mass is 16.5. The number of nitrogens with zero attached hydrogens (tertiary/aromatic N) is 3. The fourth-order valence-corrected chi connectivity index (χ4v) is 2.46. The summed E-state index contributed by atoms with van der Waals surface area (Å²) in [7, 11) is 1.54. The molecule has 134 valence electrons. The van der Waals surface area contributed by atoms with Gasteiger partial charge in [-0.15, -0.1) is 10.2 Å². The van der Waals surface area contributed by atoms with E-state index in [1.807, 2.05) is 24.3 Å². The lowest BCUT2D eigenvalue weighted by Crippen LogP contribution is -2.22. The largest absolute Gasteiger partial charge is 0.480 e. The van der Waals surface area contributed by atoms with Crippen LogP contribution in [0.1, 0.15) is 35.2 Å². The normalized spacial score (nSPS) is 10.5. The zero-order valence-electron chi connectivity index (χ0n) is 14.7. The molecule has 0 atom stereocenters. The van der Waals surface area contributed by atoms with Crippen LogP contribution in [0.2, 0.25) is 0 Å². The maximum absolute atomic E-state index is 12.3. The van der Waals surface area contributed by atoms with Gasteiger partial charge in [0.2, 0.25) is 5.88 Å². The molecule has 0 saturated heterocycles. The van der Waals surface area contributed by atoms with Crippen LogP contribution in [0.4, 0.5) is 0 Å². The number of hydrogen-bond donors (Lipinski definition) is 1. The summed E-state index contributed by atoms with van der Waals surface area (Å²) in [5.74, 6) is 0.928. The van der Waals surface area contributed by atoms with Crippen molar-refractivity contribution in [2.75, 3.05) is 7.11 Å². The standard InChI is InChI=1S/C19H20N4O3/c1-3-4-15-11-16(26-23-15)12-20-19(24)14-7-5-13(6-8-14)17-9-10-18(25-2)22-21-17/h5-11H,3-4,12H2,1-2H3,(H,20,24). The van der Waals surface area contributed by atoms with Gasteiger partial charge >= 0.3 is 0 Å². The van der Waals surface area contributed by atoms with Gasteiger partial charge in [-0.3, -0.25) is 4.79 Å². The van der Waals surface area contributed by atoms with Crippen LogP contribution in [0.3, 0.4) is 0 Å². The Morgan fingerprint density at radius 3 is 2.62 bits per heavy atom. The topological polar surface area (TPSA) is 90.1 Å². The molecule has 7 nitrogen and oxygen atoms in total. The Bertz CT molecular complexity index is 857. The fourth-order valence-electron chi connectivity index (χ4n) is 2.46. The van der Waals surface area contributed by atoms with Crippen LogP contribution in [0, 0.1) is 0 Å². The molecule has 0 saturated carbocycles. The van der Waals surface area contributed by atoms with Crippen LogP contribution >= 0.6 is 0 Å². The first-order valence-electron chi connectivity index (χ1n) is 8.40. The van der Waals surface area contributed by atoms with Crippen molar-refractivity contribution in [1.82, 2.24) is 20.7 Å². The minimum Gasteiger partial charge on any atom is -0.480 e. The molecule has 26 heavy (non-hydrogen) atoms. The number of benzene rings is 1. The minimum absolute atomic E-state index is 0.175. The number of rotatable bonds is 7. The van der Waals surface area contributed by atoms with E-state index in [-0.39, 0.29) is 5.91 Å². The Hall–Kier alpha value is -3.22. The predicted molar refractivity (Wildman–Crippen MR) is 95.7 cm³/mol. The van der Waals surface area contributed by atoms with Gasteiger partial charge < -0.3 is 14.6 Å². The maximum atomic E-state index is 12.3. The van der Waals surface area contributed by atoms with E-state index in [0.29, 0.717) is 29.4 Å². The van der Waals surface area contributed by atoms with Crippen molar-refractivity contribution >= 4 is 5.91 Å². The summed E-state index contributed by atoms with van der Waals surface area (Å²) < 4.78 is 10.2. The molecule has 0 aliphatic rings. The SMILES string of the molecule is CCCc1cc(CNC(=O)c2ccc(-c3ccc(OC)nn3)cc2)on1. The minimum atomic E-state index is -0.175. The Kier molecular flexibility index (Phi) is 5.58. The molecule has 0 radical (unpaired) electrons. The zero-order valence-corrected chi connectivity index (χ0v) is 14.7. The maximum Gasteiger partial charge on any atom is 0.251 e. The molecule has 1 amide bonds. The molecule has 2 heterocycles. The van der Waals surface area contributed by atoms with Gasteiger partial charge in [0.15, 0.2) is 5.76 Å². The van der Waals surface area contributed by atoms with E-state index < -0.39 is 0 Å². The zero-order chi connectivity index (χ0) is 18.4. The van der Waals surface area contributed by atoms with E-state index in [2.05, 4.69) is 27.6 Å². The van der Waals surface area contributed by atoms with Crippen molar-refractivity contribution in [1.29, 1.82) is 0 Å². The van der Waals surface area contributed by atoms with Gasteiger partial charge in [0.05, 0.1) is 25.0 Å². The van der Waals surface area contributed by atoms with Crippen molar-refractivity contribution in [2.45, 2.75) is 26.3 Å². The van der Waals surface area contributed by atoms with Crippen molar-refractivity contribution in [3.63, 3.8) is 0 Å². The number of ether oxygens (including phenoxy) is 1. The lowest BCUT2D eigenvalue weighted by Gasteiger charge is -2.05. The van der Waals surface area contributed by atoms with Gasteiger partial charge in [-0.2, -0.15) is 0 Å². The van der Waals surface area contributed by atoms with E-state index >= 15 is 0 Å². The average Bonchev–Trinajstić information content (AvgIpc) is 3.14. The van der Waals surface area contributed by atoms with Crippen LogP contribution in [0.25, 0.3) is 11.3 Å². The fraction of sp³-hybridized carbons (Fsp3) is 0.263. The van der Waals surface area contributed by atoms with Crippen LogP contribution in [0.15, 0.2) is 47.0 Å². The lowest BCUT2D eigenvalue weighted by molar-refractivity contribution is 0.0947. The number of methoxy groups -OCH3 is 1. The smallest absolute Gasteiger partial charge is 0.251 e. The summed E-state index contributed by atoms with van der Waals surface area (Å²) in [5.41, 5.74) is 3.05. The van der Waals surface area contributed by atoms with Crippen LogP contribution in [0.5, 0.6) is 5.88 Å². The molecule has 3 rings (SSSR count). The molecular weight excluding hydrogens is 332 g/mol. The summed E-state index contributed by atoms with van der Waals surface area (Å²) in [6, 6.07) is 12.6. The van der Waals surface area contributed by atoms with Crippen molar-refractivity contribution in [3.8, 4) is 17.1 Å². The first kappa shape index (κ1) is 17.6. The Labute approximate surface area is 151 Å². The first-order valence-corrected chi connectivity index (χ1v) is 8.40. The molecule has 2 aromatic heterocycles. The number of amides is 1. The number of carbonyl (C=O) groups excluding carboxylic acids is 1. The molecule has 0 spiro atoms. The molecule has 0 fully saturated rings. The molecule has 7 heteroatoms. The van der Waals surface area contributed by atoms with Crippen LogP contribution in [-0.4, -0.2) is 28.4 Å². The Morgan fingerprint density at radius 1 is 1.15 bits per heavy atom. The van der Waals surface area contributed by atoms with Crippen molar-refractivity contribution in [3.05, 3.63) is 59.5 Å². The predicted octanol–water partition coefficient (Wildman–Crippen LogP) is 3.02. The highest BCUT2D eigenvalue weighted by Gasteiger charge is 2.09. The van der Waals surface area contributed by atoms with Gasteiger partial charge in [0.25, 0.3) is 5.91 Å². The Morgan fingerprint density at radius 2 is 1.96 bits per heavy atom. The molecule has 0 aliphatic heterocycles. The Balaban J connectivity index is 1.60. The van der Waals surface area contributed by atoms with Gasteiger partial charge in [0, 0.05) is 23.3 Å². The number of nitrogens with one attached hydrogen (secondary N) is 1. The molecule has 0 bridgehead atoms. The number of aromatic nitrogens is 3. The van der Waals surface area contributed by atoms with Crippen molar-refractivity contribution < 1.29 is 14.1 Å². The summed E-state index contributed by atoms with van der Waals surface area (Å²) in [5, 5.41) is 14.8. The third-order valence-electron chi connectivity index (χ3n) is 3.83. The van der Waals surface area contributed by atoms with E-state index in [0.717, 1.165) is 24.1 Å². The summed E-state index contributed by atoms with van der Waals surface area (Å²) in [4.78, 5) is 12.3. The first-order chi connectivity index (χ1) is 12.7. The van der Waals surface area contributed by atoms with Gasteiger partial charge in [-0.25, -0.2) is 0 Å². The van der Waals surface area contributed by atoms with E-state index in [1.165, 1.54) is 0 Å². The number of carbonyl (C=O) groups is 1. The molecule has 1 aromatic carbocycles. The number of aryl methyl sites for hydroxylation is 1. The number of hydrogen-bond acceptors (Lipinski definition) is 6. The highest BCUT2D eigenvalue weighted by molar-refractivity contribution is 5.94. The summed E-state index contributed by atoms with van der Waals surface area (Å²) >= 11 is 0. The van der Waals surface area contributed by atoms with Gasteiger partial charge in [0.1, 0.15) is 0 Å². The molecule has 3 aromatic rings. The second-order valence-corrected chi connectivity index (χ2v) is 5.76. The van der Waals surface area contributed by atoms with Crippen LogP contribution < -0.4 is 10.1 Å². The second-order valence-electron chi connectivity index (χ2n) is 5.76. The molecule has 0 aliphatic carbocycles.